The number of thiocarbonyl (C=S) groups is 1. The number of pyridine rings is 1. The molecule has 1 fully saturated rings. The van der Waals surface area contributed by atoms with Gasteiger partial charge in [0, 0.05) is 28.8 Å². The van der Waals surface area contributed by atoms with E-state index in [1.807, 2.05) is 76.6 Å². The van der Waals surface area contributed by atoms with Gasteiger partial charge in [-0.3, -0.25) is 14.5 Å². The summed E-state index contributed by atoms with van der Waals surface area (Å²) in [5.74, 6) is -0.144. The van der Waals surface area contributed by atoms with E-state index in [0.717, 1.165) is 28.3 Å². The largest absolute Gasteiger partial charge is 0.352 e. The molecule has 1 saturated heterocycles. The Kier molecular flexibility index (Phi) is 5.81. The summed E-state index contributed by atoms with van der Waals surface area (Å²) in [6, 6.07) is 16.9. The average Bonchev–Trinajstić information content (AvgIpc) is 3.54. The molecule has 34 heavy (non-hydrogen) atoms. The van der Waals surface area contributed by atoms with Gasteiger partial charge in [-0.05, 0) is 56.4 Å². The van der Waals surface area contributed by atoms with Gasteiger partial charge in [-0.15, -0.1) is 10.2 Å². The third-order valence-corrected chi connectivity index (χ3v) is 6.31. The molecule has 4 aromatic rings. The van der Waals surface area contributed by atoms with E-state index >= 15 is 0 Å². The summed E-state index contributed by atoms with van der Waals surface area (Å²) >= 11 is 5.72. The molecule has 9 nitrogen and oxygen atoms in total. The lowest BCUT2D eigenvalue weighted by atomic mass is 9.97. The first kappa shape index (κ1) is 21.8. The van der Waals surface area contributed by atoms with Gasteiger partial charge in [0.1, 0.15) is 19.2 Å². The van der Waals surface area contributed by atoms with E-state index < -0.39 is 0 Å². The number of aromatic nitrogens is 5. The number of amides is 1. The molecule has 172 valence electrons. The van der Waals surface area contributed by atoms with Crippen LogP contribution >= 0.6 is 12.2 Å². The summed E-state index contributed by atoms with van der Waals surface area (Å²) in [5.41, 5.74) is 4.66. The van der Waals surface area contributed by atoms with Crippen molar-refractivity contribution in [1.29, 1.82) is 0 Å². The number of benzene rings is 1. The van der Waals surface area contributed by atoms with Crippen LogP contribution in [0.15, 0.2) is 73.4 Å². The van der Waals surface area contributed by atoms with Gasteiger partial charge in [0.15, 0.2) is 5.11 Å². The second kappa shape index (κ2) is 9.06. The first-order valence-corrected chi connectivity index (χ1v) is 11.3. The van der Waals surface area contributed by atoms with E-state index in [1.54, 1.807) is 18.9 Å². The Labute approximate surface area is 202 Å². The van der Waals surface area contributed by atoms with Crippen LogP contribution in [0.2, 0.25) is 0 Å². The summed E-state index contributed by atoms with van der Waals surface area (Å²) < 4.78 is 3.87. The quantitative estimate of drug-likeness (QED) is 0.417. The molecular weight excluding hydrogens is 448 g/mol. The van der Waals surface area contributed by atoms with E-state index in [2.05, 4.69) is 31.9 Å². The number of nitrogens with one attached hydrogen (secondary N) is 2. The van der Waals surface area contributed by atoms with E-state index in [-0.39, 0.29) is 24.5 Å². The SMILES string of the molecule is Cc1cc([C@H]2[C@@H](c3ccccn3)NC(=S)N2CC(=O)Nc2ccccc2)c(C)n1-n1cnnc1. The van der Waals surface area contributed by atoms with Gasteiger partial charge < -0.3 is 15.5 Å². The van der Waals surface area contributed by atoms with E-state index in [4.69, 9.17) is 12.2 Å². The monoisotopic (exact) mass is 472 g/mol. The van der Waals surface area contributed by atoms with Crippen LogP contribution in [-0.2, 0) is 4.79 Å². The number of hydrogen-bond donors (Lipinski definition) is 2. The van der Waals surface area contributed by atoms with Crippen molar-refractivity contribution in [2.24, 2.45) is 0 Å². The highest BCUT2D eigenvalue weighted by molar-refractivity contribution is 7.80. The number of hydrogen-bond acceptors (Lipinski definition) is 5. The summed E-state index contributed by atoms with van der Waals surface area (Å²) in [5, 5.41) is 14.8. The number of anilines is 1. The smallest absolute Gasteiger partial charge is 0.244 e. The molecule has 5 rings (SSSR count). The van der Waals surface area contributed by atoms with Crippen molar-refractivity contribution in [2.45, 2.75) is 25.9 Å². The minimum atomic E-state index is -0.236. The van der Waals surface area contributed by atoms with Gasteiger partial charge in [0.2, 0.25) is 5.91 Å². The summed E-state index contributed by atoms with van der Waals surface area (Å²) in [6.07, 6.45) is 5.08. The summed E-state index contributed by atoms with van der Waals surface area (Å²) in [7, 11) is 0. The van der Waals surface area contributed by atoms with Crippen LogP contribution in [0.3, 0.4) is 0 Å². The topological polar surface area (TPSA) is 92.9 Å². The molecule has 1 aliphatic heterocycles. The Morgan fingerprint density at radius 1 is 1.09 bits per heavy atom. The van der Waals surface area contributed by atoms with Gasteiger partial charge in [-0.25, -0.2) is 4.68 Å². The Hall–Kier alpha value is -4.05. The van der Waals surface area contributed by atoms with Crippen LogP contribution in [0, 0.1) is 13.8 Å². The number of carbonyl (C=O) groups is 1. The average molecular weight is 473 g/mol. The molecule has 2 N–H and O–H groups in total. The molecule has 1 aliphatic rings. The van der Waals surface area contributed by atoms with Crippen LogP contribution in [0.25, 0.3) is 0 Å². The number of aryl methyl sites for hydroxylation is 1. The summed E-state index contributed by atoms with van der Waals surface area (Å²) in [6.45, 7) is 4.17. The fourth-order valence-corrected chi connectivity index (χ4v) is 4.83. The van der Waals surface area contributed by atoms with Crippen LogP contribution in [0.5, 0.6) is 0 Å². The normalized spacial score (nSPS) is 17.6. The molecule has 4 heterocycles. The van der Waals surface area contributed by atoms with Crippen molar-refractivity contribution in [1.82, 2.24) is 34.8 Å². The first-order chi connectivity index (χ1) is 16.5. The van der Waals surface area contributed by atoms with Gasteiger partial charge in [-0.1, -0.05) is 24.3 Å². The first-order valence-electron chi connectivity index (χ1n) is 10.9. The molecule has 0 spiro atoms. The second-order valence-corrected chi connectivity index (χ2v) is 8.54. The third kappa shape index (κ3) is 4.03. The second-order valence-electron chi connectivity index (χ2n) is 8.15. The highest BCUT2D eigenvalue weighted by Gasteiger charge is 2.42. The van der Waals surface area contributed by atoms with Gasteiger partial charge in [0.05, 0.1) is 17.8 Å². The molecule has 3 aromatic heterocycles. The van der Waals surface area contributed by atoms with Crippen molar-refractivity contribution in [3.05, 3.63) is 96.1 Å². The third-order valence-electron chi connectivity index (χ3n) is 5.96. The number of carbonyl (C=O) groups excluding carboxylic acids is 1. The molecule has 0 radical (unpaired) electrons. The molecule has 2 atom stereocenters. The van der Waals surface area contributed by atoms with E-state index in [9.17, 15) is 4.79 Å². The standard InChI is InChI=1S/C24H24N8OS/c1-16-12-19(17(2)32(16)30-14-26-27-15-30)23-22(20-10-6-7-11-25-20)29-24(34)31(23)13-21(33)28-18-8-4-3-5-9-18/h3-12,14-15,22-23H,13H2,1-2H3,(H,28,33)(H,29,34)/t22-,23+/m1/s1. The predicted octanol–water partition coefficient (Wildman–Crippen LogP) is 3.01. The lowest BCUT2D eigenvalue weighted by Gasteiger charge is -2.27. The highest BCUT2D eigenvalue weighted by Crippen LogP contribution is 2.40. The molecule has 1 aromatic carbocycles. The summed E-state index contributed by atoms with van der Waals surface area (Å²) in [4.78, 5) is 19.5. The van der Waals surface area contributed by atoms with Gasteiger partial charge >= 0.3 is 0 Å². The maximum Gasteiger partial charge on any atom is 0.244 e. The van der Waals surface area contributed by atoms with Crippen molar-refractivity contribution < 1.29 is 4.79 Å². The van der Waals surface area contributed by atoms with Crippen LogP contribution in [-0.4, -0.2) is 47.0 Å². The Bertz CT molecular complexity index is 1300. The zero-order chi connectivity index (χ0) is 23.7. The molecule has 0 aliphatic carbocycles. The van der Waals surface area contributed by atoms with Crippen molar-refractivity contribution in [3.8, 4) is 0 Å². The van der Waals surface area contributed by atoms with Crippen molar-refractivity contribution in [2.75, 3.05) is 11.9 Å². The zero-order valence-electron chi connectivity index (χ0n) is 18.8. The van der Waals surface area contributed by atoms with Gasteiger partial charge in [-0.2, -0.15) is 0 Å². The van der Waals surface area contributed by atoms with Crippen LogP contribution in [0.4, 0.5) is 5.69 Å². The minimum absolute atomic E-state index is 0.102. The molecular formula is C24H24N8OS. The minimum Gasteiger partial charge on any atom is -0.352 e. The van der Waals surface area contributed by atoms with Crippen LogP contribution in [0.1, 0.15) is 34.7 Å². The molecule has 0 saturated carbocycles. The van der Waals surface area contributed by atoms with E-state index in [1.165, 1.54) is 0 Å². The van der Waals surface area contributed by atoms with Crippen LogP contribution < -0.4 is 10.6 Å². The fourth-order valence-electron chi connectivity index (χ4n) is 4.52. The Morgan fingerprint density at radius 2 is 1.82 bits per heavy atom. The highest BCUT2D eigenvalue weighted by atomic mass is 32.1. The molecule has 1 amide bonds. The fraction of sp³-hybridized carbons (Fsp3) is 0.208. The van der Waals surface area contributed by atoms with Gasteiger partial charge in [0.25, 0.3) is 0 Å². The molecule has 10 heteroatoms. The number of nitrogens with zero attached hydrogens (tertiary/aromatic N) is 6. The molecule has 0 bridgehead atoms. The predicted molar refractivity (Wildman–Crippen MR) is 132 cm³/mol. The zero-order valence-corrected chi connectivity index (χ0v) is 19.6. The van der Waals surface area contributed by atoms with Crippen molar-refractivity contribution in [3.63, 3.8) is 0 Å². The number of rotatable bonds is 6. The molecule has 0 unspecified atom stereocenters. The number of para-hydroxylation sites is 1. The van der Waals surface area contributed by atoms with E-state index in [0.29, 0.717) is 5.11 Å². The maximum absolute atomic E-state index is 13.0. The van der Waals surface area contributed by atoms with Crippen molar-refractivity contribution >= 4 is 28.9 Å². The Balaban J connectivity index is 1.53. The Morgan fingerprint density at radius 3 is 2.53 bits per heavy atom. The lowest BCUT2D eigenvalue weighted by Crippen LogP contribution is -2.37. The lowest BCUT2D eigenvalue weighted by molar-refractivity contribution is -0.116. The maximum atomic E-state index is 13.0.